The molecule has 3 rings (SSSR count). The molecule has 20 heavy (non-hydrogen) atoms. The van der Waals surface area contributed by atoms with E-state index in [2.05, 4.69) is 41.5 Å². The lowest BCUT2D eigenvalue weighted by Crippen LogP contribution is -2.24. The third-order valence-electron chi connectivity index (χ3n) is 4.26. The Bertz CT molecular complexity index is 596. The van der Waals surface area contributed by atoms with Crippen molar-refractivity contribution in [2.45, 2.75) is 39.3 Å². The molecule has 4 heteroatoms. The van der Waals surface area contributed by atoms with Crippen molar-refractivity contribution in [1.29, 1.82) is 0 Å². The van der Waals surface area contributed by atoms with Gasteiger partial charge in [-0.05, 0) is 57.5 Å². The van der Waals surface area contributed by atoms with Gasteiger partial charge in [0.2, 0.25) is 0 Å². The van der Waals surface area contributed by atoms with Gasteiger partial charge in [-0.2, -0.15) is 0 Å². The van der Waals surface area contributed by atoms with Gasteiger partial charge in [0.15, 0.2) is 0 Å². The zero-order chi connectivity index (χ0) is 14.1. The highest BCUT2D eigenvalue weighted by atomic mass is 15.2. The number of hydrogen-bond donors (Lipinski definition) is 1. The van der Waals surface area contributed by atoms with Gasteiger partial charge in [-0.25, -0.2) is 4.98 Å². The van der Waals surface area contributed by atoms with Gasteiger partial charge in [0.1, 0.15) is 5.82 Å². The SMILES string of the molecule is Cc1ccc2c(c1)nc(CN1CCCC1)n2C(C)CN. The number of likely N-dealkylation sites (tertiary alicyclic amines) is 1. The number of rotatable bonds is 4. The fraction of sp³-hybridized carbons (Fsp3) is 0.562. The Balaban J connectivity index is 2.03. The molecular formula is C16H24N4. The van der Waals surface area contributed by atoms with Crippen LogP contribution in [0.2, 0.25) is 0 Å². The molecule has 1 fully saturated rings. The Hall–Kier alpha value is -1.39. The van der Waals surface area contributed by atoms with Gasteiger partial charge in [0, 0.05) is 12.6 Å². The lowest BCUT2D eigenvalue weighted by atomic mass is 10.2. The summed E-state index contributed by atoms with van der Waals surface area (Å²) in [5.41, 5.74) is 9.47. The minimum absolute atomic E-state index is 0.292. The van der Waals surface area contributed by atoms with Crippen molar-refractivity contribution >= 4 is 11.0 Å². The molecule has 1 aliphatic heterocycles. The maximum atomic E-state index is 5.90. The summed E-state index contributed by atoms with van der Waals surface area (Å²) in [5.74, 6) is 1.16. The Morgan fingerprint density at radius 1 is 1.30 bits per heavy atom. The molecule has 0 radical (unpaired) electrons. The molecule has 1 aliphatic rings. The first-order valence-electron chi connectivity index (χ1n) is 7.59. The number of aromatic nitrogens is 2. The van der Waals surface area contributed by atoms with Gasteiger partial charge in [-0.15, -0.1) is 0 Å². The first kappa shape index (κ1) is 13.6. The summed E-state index contributed by atoms with van der Waals surface area (Å²) < 4.78 is 2.33. The molecule has 2 heterocycles. The lowest BCUT2D eigenvalue weighted by Gasteiger charge is -2.19. The Kier molecular flexibility index (Phi) is 3.76. The van der Waals surface area contributed by atoms with E-state index in [0.717, 1.165) is 17.9 Å². The Morgan fingerprint density at radius 2 is 2.05 bits per heavy atom. The summed E-state index contributed by atoms with van der Waals surface area (Å²) in [7, 11) is 0. The number of aryl methyl sites for hydroxylation is 1. The van der Waals surface area contributed by atoms with Crippen LogP contribution < -0.4 is 5.73 Å². The van der Waals surface area contributed by atoms with Gasteiger partial charge in [0.05, 0.1) is 17.6 Å². The number of nitrogens with two attached hydrogens (primary N) is 1. The molecule has 0 amide bonds. The van der Waals surface area contributed by atoms with Gasteiger partial charge < -0.3 is 10.3 Å². The van der Waals surface area contributed by atoms with Crippen molar-refractivity contribution in [2.24, 2.45) is 5.73 Å². The third kappa shape index (κ3) is 2.45. The summed E-state index contributed by atoms with van der Waals surface area (Å²) in [5, 5.41) is 0. The molecule has 0 spiro atoms. The fourth-order valence-corrected chi connectivity index (χ4v) is 3.11. The largest absolute Gasteiger partial charge is 0.328 e. The standard InChI is InChI=1S/C16H24N4/c1-12-5-6-15-14(9-12)18-16(20(15)13(2)10-17)11-19-7-3-4-8-19/h5-6,9,13H,3-4,7-8,10-11,17H2,1-2H3. The van der Waals surface area contributed by atoms with Crippen molar-refractivity contribution in [3.63, 3.8) is 0 Å². The minimum Gasteiger partial charge on any atom is -0.328 e. The van der Waals surface area contributed by atoms with Crippen LogP contribution in [0.25, 0.3) is 11.0 Å². The highest BCUT2D eigenvalue weighted by molar-refractivity contribution is 5.77. The highest BCUT2D eigenvalue weighted by Gasteiger charge is 2.19. The Labute approximate surface area is 120 Å². The maximum absolute atomic E-state index is 5.90. The summed E-state index contributed by atoms with van der Waals surface area (Å²) in [6.45, 7) is 8.27. The topological polar surface area (TPSA) is 47.1 Å². The third-order valence-corrected chi connectivity index (χ3v) is 4.26. The van der Waals surface area contributed by atoms with E-state index in [9.17, 15) is 0 Å². The smallest absolute Gasteiger partial charge is 0.124 e. The zero-order valence-corrected chi connectivity index (χ0v) is 12.5. The average Bonchev–Trinajstić information content (AvgIpc) is 3.05. The number of fused-ring (bicyclic) bond motifs is 1. The van der Waals surface area contributed by atoms with Crippen molar-refractivity contribution < 1.29 is 0 Å². The van der Waals surface area contributed by atoms with Crippen LogP contribution in [-0.4, -0.2) is 34.1 Å². The second kappa shape index (κ2) is 5.54. The predicted octanol–water partition coefficient (Wildman–Crippen LogP) is 2.46. The van der Waals surface area contributed by atoms with Gasteiger partial charge in [-0.3, -0.25) is 4.90 Å². The molecule has 1 saturated heterocycles. The highest BCUT2D eigenvalue weighted by Crippen LogP contribution is 2.23. The molecule has 108 valence electrons. The summed E-state index contributed by atoms with van der Waals surface area (Å²) >= 11 is 0. The van der Waals surface area contributed by atoms with Crippen LogP contribution in [0, 0.1) is 6.92 Å². The molecule has 2 N–H and O–H groups in total. The number of imidazole rings is 1. The van der Waals surface area contributed by atoms with Crippen LogP contribution in [0.1, 0.15) is 37.2 Å². The average molecular weight is 272 g/mol. The molecule has 2 aromatic rings. The molecule has 0 bridgehead atoms. The van der Waals surface area contributed by atoms with Crippen LogP contribution in [0.5, 0.6) is 0 Å². The van der Waals surface area contributed by atoms with Crippen LogP contribution in [0.15, 0.2) is 18.2 Å². The van der Waals surface area contributed by atoms with E-state index < -0.39 is 0 Å². The van der Waals surface area contributed by atoms with Crippen LogP contribution in [0.4, 0.5) is 0 Å². The first-order chi connectivity index (χ1) is 9.69. The number of nitrogens with zero attached hydrogens (tertiary/aromatic N) is 3. The second-order valence-electron chi connectivity index (χ2n) is 5.96. The molecule has 0 saturated carbocycles. The quantitative estimate of drug-likeness (QED) is 0.930. The zero-order valence-electron chi connectivity index (χ0n) is 12.5. The van der Waals surface area contributed by atoms with E-state index in [1.165, 1.54) is 37.0 Å². The molecule has 1 aromatic heterocycles. The summed E-state index contributed by atoms with van der Waals surface area (Å²) in [4.78, 5) is 7.37. The molecular weight excluding hydrogens is 248 g/mol. The molecule has 0 aliphatic carbocycles. The normalized spacial score (nSPS) is 17.9. The van der Waals surface area contributed by atoms with Crippen LogP contribution in [-0.2, 0) is 6.54 Å². The van der Waals surface area contributed by atoms with E-state index in [1.807, 2.05) is 0 Å². The summed E-state index contributed by atoms with van der Waals surface area (Å²) in [6, 6.07) is 6.80. The molecule has 4 nitrogen and oxygen atoms in total. The Morgan fingerprint density at radius 3 is 2.75 bits per heavy atom. The number of hydrogen-bond acceptors (Lipinski definition) is 3. The van der Waals surface area contributed by atoms with Crippen LogP contribution >= 0.6 is 0 Å². The molecule has 1 atom stereocenters. The van der Waals surface area contributed by atoms with Crippen molar-refractivity contribution in [1.82, 2.24) is 14.5 Å². The van der Waals surface area contributed by atoms with Crippen molar-refractivity contribution in [2.75, 3.05) is 19.6 Å². The van der Waals surface area contributed by atoms with Crippen molar-refractivity contribution in [3.05, 3.63) is 29.6 Å². The second-order valence-corrected chi connectivity index (χ2v) is 5.96. The van der Waals surface area contributed by atoms with E-state index in [-0.39, 0.29) is 0 Å². The van der Waals surface area contributed by atoms with E-state index in [4.69, 9.17) is 10.7 Å². The fourth-order valence-electron chi connectivity index (χ4n) is 3.11. The predicted molar refractivity (Wildman–Crippen MR) is 82.7 cm³/mol. The van der Waals surface area contributed by atoms with E-state index in [0.29, 0.717) is 12.6 Å². The van der Waals surface area contributed by atoms with E-state index in [1.54, 1.807) is 0 Å². The lowest BCUT2D eigenvalue weighted by molar-refractivity contribution is 0.313. The van der Waals surface area contributed by atoms with Crippen molar-refractivity contribution in [3.8, 4) is 0 Å². The molecule has 1 unspecified atom stereocenters. The first-order valence-corrected chi connectivity index (χ1v) is 7.59. The van der Waals surface area contributed by atoms with E-state index >= 15 is 0 Å². The minimum atomic E-state index is 0.292. The van der Waals surface area contributed by atoms with Gasteiger partial charge >= 0.3 is 0 Å². The maximum Gasteiger partial charge on any atom is 0.124 e. The summed E-state index contributed by atoms with van der Waals surface area (Å²) in [6.07, 6.45) is 2.62. The van der Waals surface area contributed by atoms with Crippen LogP contribution in [0.3, 0.4) is 0 Å². The van der Waals surface area contributed by atoms with Gasteiger partial charge in [0.25, 0.3) is 0 Å². The number of benzene rings is 1. The monoisotopic (exact) mass is 272 g/mol. The van der Waals surface area contributed by atoms with Gasteiger partial charge in [-0.1, -0.05) is 6.07 Å². The molecule has 1 aromatic carbocycles.